The molecule has 0 saturated carbocycles. The smallest absolute Gasteiger partial charge is 0.313 e. The molecule has 4 amide bonds. The Balaban J connectivity index is 1.68. The summed E-state index contributed by atoms with van der Waals surface area (Å²) in [4.78, 5) is 39.9. The Bertz CT molecular complexity index is 1480. The lowest BCUT2D eigenvalue weighted by atomic mass is 10.0. The van der Waals surface area contributed by atoms with Crippen LogP contribution in [0.1, 0.15) is 16.8 Å². The summed E-state index contributed by atoms with van der Waals surface area (Å²) in [5.41, 5.74) is 5.59. The molecule has 0 atom stereocenters. The molecule has 1 saturated heterocycles. The third kappa shape index (κ3) is 4.06. The first-order valence-electron chi connectivity index (χ1n) is 11.3. The number of anilines is 1. The highest BCUT2D eigenvalue weighted by Gasteiger charge is 2.37. The van der Waals surface area contributed by atoms with Crippen LogP contribution < -0.4 is 10.2 Å². The van der Waals surface area contributed by atoms with E-state index in [4.69, 9.17) is 0 Å². The van der Waals surface area contributed by atoms with Gasteiger partial charge in [0.25, 0.3) is 11.8 Å². The monoisotopic (exact) mass is 461 g/mol. The quantitative estimate of drug-likeness (QED) is 0.326. The number of aryl methyl sites for hydroxylation is 2. The molecule has 0 aliphatic carbocycles. The van der Waals surface area contributed by atoms with Crippen LogP contribution in [-0.4, -0.2) is 22.4 Å². The fourth-order valence-electron chi connectivity index (χ4n) is 4.39. The summed E-state index contributed by atoms with van der Waals surface area (Å²) >= 11 is 0. The van der Waals surface area contributed by atoms with E-state index < -0.39 is 17.8 Å². The summed E-state index contributed by atoms with van der Waals surface area (Å²) < 4.78 is 2.09. The number of aromatic nitrogens is 1. The first-order valence-corrected chi connectivity index (χ1v) is 11.3. The van der Waals surface area contributed by atoms with Gasteiger partial charge in [0.1, 0.15) is 5.57 Å². The summed E-state index contributed by atoms with van der Waals surface area (Å²) in [6.45, 7) is 3.85. The van der Waals surface area contributed by atoms with Gasteiger partial charge in [-0.25, -0.2) is 9.69 Å². The van der Waals surface area contributed by atoms with Gasteiger partial charge in [-0.3, -0.25) is 14.9 Å². The zero-order chi connectivity index (χ0) is 24.5. The fourth-order valence-corrected chi connectivity index (χ4v) is 4.39. The number of benzene rings is 3. The van der Waals surface area contributed by atoms with E-state index in [1.54, 1.807) is 24.3 Å². The Kier molecular flexibility index (Phi) is 5.63. The van der Waals surface area contributed by atoms with E-state index in [-0.39, 0.29) is 5.57 Å². The minimum atomic E-state index is -0.760. The molecule has 0 radical (unpaired) electrons. The number of hydrogen-bond acceptors (Lipinski definition) is 3. The Morgan fingerprint density at radius 2 is 1.40 bits per heavy atom. The second-order valence-electron chi connectivity index (χ2n) is 8.42. The van der Waals surface area contributed by atoms with E-state index in [9.17, 15) is 14.4 Å². The van der Waals surface area contributed by atoms with Gasteiger partial charge in [-0.2, -0.15) is 0 Å². The minimum Gasteiger partial charge on any atom is -0.313 e. The van der Waals surface area contributed by atoms with Crippen molar-refractivity contribution in [3.8, 4) is 16.9 Å². The summed E-state index contributed by atoms with van der Waals surface area (Å²) in [6, 6.07) is 27.9. The molecule has 1 aromatic heterocycles. The van der Waals surface area contributed by atoms with Crippen LogP contribution in [0.25, 0.3) is 23.0 Å². The highest BCUT2D eigenvalue weighted by Crippen LogP contribution is 2.33. The molecule has 2 heterocycles. The lowest BCUT2D eigenvalue weighted by molar-refractivity contribution is -0.122. The molecule has 172 valence electrons. The van der Waals surface area contributed by atoms with Crippen LogP contribution in [-0.2, 0) is 9.59 Å². The van der Waals surface area contributed by atoms with Crippen molar-refractivity contribution in [3.63, 3.8) is 0 Å². The fraction of sp³-hybridized carbons (Fsp3) is 0.0690. The van der Waals surface area contributed by atoms with E-state index >= 15 is 0 Å². The molecule has 3 aromatic carbocycles. The van der Waals surface area contributed by atoms with Crippen molar-refractivity contribution in [3.05, 3.63) is 113 Å². The third-order valence-electron chi connectivity index (χ3n) is 5.94. The molecular weight excluding hydrogens is 438 g/mol. The number of nitrogens with one attached hydrogen (secondary N) is 1. The topological polar surface area (TPSA) is 71.4 Å². The van der Waals surface area contributed by atoms with E-state index in [1.165, 1.54) is 0 Å². The standard InChI is InChI=1S/C29H23N3O3/c1-19-10-9-15-24(16-19)32-28(34)25(27(33)30-29(32)35)18-22-17-20(2)31(23-13-7-4-8-14-23)26(22)21-11-5-3-6-12-21/h3-18H,1-2H3,(H,30,33,35)/b25-18+. The summed E-state index contributed by atoms with van der Waals surface area (Å²) in [7, 11) is 0. The molecule has 0 spiro atoms. The number of para-hydroxylation sites is 1. The van der Waals surface area contributed by atoms with Crippen molar-refractivity contribution < 1.29 is 14.4 Å². The number of hydrogen-bond donors (Lipinski definition) is 1. The van der Waals surface area contributed by atoms with E-state index in [0.717, 1.165) is 33.1 Å². The van der Waals surface area contributed by atoms with Gasteiger partial charge in [-0.1, -0.05) is 60.7 Å². The zero-order valence-corrected chi connectivity index (χ0v) is 19.4. The molecule has 5 rings (SSSR count). The SMILES string of the molecule is Cc1cccc(N2C(=O)NC(=O)/C(=C\c3cc(C)n(-c4ccccc4)c3-c3ccccc3)C2=O)c1. The first kappa shape index (κ1) is 22.1. The maximum Gasteiger partial charge on any atom is 0.335 e. The lowest BCUT2D eigenvalue weighted by Gasteiger charge is -2.26. The average Bonchev–Trinajstić information content (AvgIpc) is 3.18. The summed E-state index contributed by atoms with van der Waals surface area (Å²) in [5.74, 6) is -1.37. The molecule has 1 N–H and O–H groups in total. The van der Waals surface area contributed by atoms with Gasteiger partial charge in [0, 0.05) is 16.9 Å². The van der Waals surface area contributed by atoms with Gasteiger partial charge in [0.15, 0.2) is 0 Å². The molecule has 1 fully saturated rings. The average molecular weight is 462 g/mol. The van der Waals surface area contributed by atoms with Crippen LogP contribution in [0.3, 0.4) is 0 Å². The van der Waals surface area contributed by atoms with Gasteiger partial charge < -0.3 is 4.57 Å². The molecule has 1 aliphatic heterocycles. The van der Waals surface area contributed by atoms with Crippen molar-refractivity contribution in [1.29, 1.82) is 0 Å². The number of barbiturate groups is 1. The molecular formula is C29H23N3O3. The van der Waals surface area contributed by atoms with E-state index in [1.807, 2.05) is 86.6 Å². The molecule has 4 aromatic rings. The number of amides is 4. The van der Waals surface area contributed by atoms with Crippen LogP contribution in [0.5, 0.6) is 0 Å². The third-order valence-corrected chi connectivity index (χ3v) is 5.94. The highest BCUT2D eigenvalue weighted by molar-refractivity contribution is 6.39. The summed E-state index contributed by atoms with van der Waals surface area (Å²) in [6.07, 6.45) is 1.57. The number of nitrogens with zero attached hydrogens (tertiary/aromatic N) is 2. The Morgan fingerprint density at radius 3 is 2.09 bits per heavy atom. The Hall–Kier alpha value is -4.71. The van der Waals surface area contributed by atoms with Crippen molar-refractivity contribution >= 4 is 29.6 Å². The first-order chi connectivity index (χ1) is 16.9. The predicted octanol–water partition coefficient (Wildman–Crippen LogP) is 5.43. The lowest BCUT2D eigenvalue weighted by Crippen LogP contribution is -2.54. The van der Waals surface area contributed by atoms with Crippen LogP contribution in [0.2, 0.25) is 0 Å². The van der Waals surface area contributed by atoms with Crippen molar-refractivity contribution in [2.75, 3.05) is 4.90 Å². The maximum atomic E-state index is 13.4. The zero-order valence-electron chi connectivity index (χ0n) is 19.4. The second kappa shape index (κ2) is 8.91. The number of carbonyl (C=O) groups is 3. The molecule has 6 heteroatoms. The second-order valence-corrected chi connectivity index (χ2v) is 8.42. The van der Waals surface area contributed by atoms with Crippen LogP contribution in [0.15, 0.2) is 96.6 Å². The molecule has 0 unspecified atom stereocenters. The number of rotatable bonds is 4. The van der Waals surface area contributed by atoms with Crippen molar-refractivity contribution in [1.82, 2.24) is 9.88 Å². The molecule has 35 heavy (non-hydrogen) atoms. The Morgan fingerprint density at radius 1 is 0.743 bits per heavy atom. The number of carbonyl (C=O) groups excluding carboxylic acids is 3. The normalized spacial score (nSPS) is 15.0. The van der Waals surface area contributed by atoms with E-state index in [0.29, 0.717) is 11.3 Å². The molecule has 0 bridgehead atoms. The van der Waals surface area contributed by atoms with Crippen molar-refractivity contribution in [2.24, 2.45) is 0 Å². The van der Waals surface area contributed by atoms with Crippen LogP contribution >= 0.6 is 0 Å². The van der Waals surface area contributed by atoms with Crippen LogP contribution in [0.4, 0.5) is 10.5 Å². The minimum absolute atomic E-state index is 0.103. The van der Waals surface area contributed by atoms with Crippen molar-refractivity contribution in [2.45, 2.75) is 13.8 Å². The predicted molar refractivity (Wildman–Crippen MR) is 136 cm³/mol. The number of imide groups is 2. The van der Waals surface area contributed by atoms with Gasteiger partial charge in [-0.05, 0) is 61.4 Å². The van der Waals surface area contributed by atoms with Gasteiger partial charge >= 0.3 is 6.03 Å². The molecule has 6 nitrogen and oxygen atoms in total. The largest absolute Gasteiger partial charge is 0.335 e. The highest BCUT2D eigenvalue weighted by atomic mass is 16.2. The van der Waals surface area contributed by atoms with Gasteiger partial charge in [0.2, 0.25) is 0 Å². The van der Waals surface area contributed by atoms with Gasteiger partial charge in [0.05, 0.1) is 11.4 Å². The molecule has 1 aliphatic rings. The van der Waals surface area contributed by atoms with E-state index in [2.05, 4.69) is 9.88 Å². The van der Waals surface area contributed by atoms with Gasteiger partial charge in [-0.15, -0.1) is 0 Å². The van der Waals surface area contributed by atoms with Crippen LogP contribution in [0, 0.1) is 13.8 Å². The summed E-state index contributed by atoms with van der Waals surface area (Å²) in [5, 5.41) is 2.31. The Labute approximate surface area is 203 Å². The maximum absolute atomic E-state index is 13.4. The number of urea groups is 1.